The van der Waals surface area contributed by atoms with E-state index in [1.807, 2.05) is 0 Å². The number of benzene rings is 1. The van der Waals surface area contributed by atoms with Crippen molar-refractivity contribution in [2.75, 3.05) is 26.2 Å². The highest BCUT2D eigenvalue weighted by Crippen LogP contribution is 2.17. The molecule has 2 heteroatoms. The van der Waals surface area contributed by atoms with Gasteiger partial charge in [0, 0.05) is 6.04 Å². The molecule has 0 fully saturated rings. The molecule has 1 atom stereocenters. The summed E-state index contributed by atoms with van der Waals surface area (Å²) in [5.41, 5.74) is 1.42. The van der Waals surface area contributed by atoms with Crippen LogP contribution in [0.3, 0.4) is 0 Å². The Morgan fingerprint density at radius 1 is 1.00 bits per heavy atom. The molecule has 1 N–H and O–H groups in total. The zero-order chi connectivity index (χ0) is 14.6. The molecule has 2 nitrogen and oxygen atoms in total. The molecule has 0 aliphatic carbocycles. The van der Waals surface area contributed by atoms with Crippen molar-refractivity contribution in [1.82, 2.24) is 10.2 Å². The van der Waals surface area contributed by atoms with E-state index in [9.17, 15) is 0 Å². The highest BCUT2D eigenvalue weighted by molar-refractivity contribution is 5.18. The summed E-state index contributed by atoms with van der Waals surface area (Å²) >= 11 is 0. The van der Waals surface area contributed by atoms with E-state index >= 15 is 0 Å². The molecule has 0 saturated heterocycles. The Labute approximate surface area is 125 Å². The fourth-order valence-electron chi connectivity index (χ4n) is 2.51. The minimum absolute atomic E-state index is 0.492. The molecule has 1 aromatic rings. The molecule has 0 heterocycles. The molecule has 0 spiro atoms. The summed E-state index contributed by atoms with van der Waals surface area (Å²) in [4.78, 5) is 2.58. The first-order valence-electron chi connectivity index (χ1n) is 8.32. The van der Waals surface area contributed by atoms with Gasteiger partial charge in [0.05, 0.1) is 0 Å². The largest absolute Gasteiger partial charge is 0.310 e. The molecule has 20 heavy (non-hydrogen) atoms. The van der Waals surface area contributed by atoms with Crippen molar-refractivity contribution in [2.24, 2.45) is 0 Å². The Hall–Kier alpha value is -0.860. The van der Waals surface area contributed by atoms with Gasteiger partial charge >= 0.3 is 0 Å². The highest BCUT2D eigenvalue weighted by atomic mass is 15.1. The van der Waals surface area contributed by atoms with E-state index in [2.05, 4.69) is 61.3 Å². The van der Waals surface area contributed by atoms with Crippen LogP contribution in [0.4, 0.5) is 0 Å². The number of unbranched alkanes of at least 4 members (excludes halogenated alkanes) is 1. The Morgan fingerprint density at radius 2 is 1.75 bits per heavy atom. The van der Waals surface area contributed by atoms with Crippen molar-refractivity contribution < 1.29 is 0 Å². The SMILES string of the molecule is CCCCN(CC)CCC(NCCC)c1ccccc1. The topological polar surface area (TPSA) is 15.3 Å². The molecular formula is C18H32N2. The summed E-state index contributed by atoms with van der Waals surface area (Å²) < 4.78 is 0. The number of hydrogen-bond donors (Lipinski definition) is 1. The molecule has 0 aliphatic heterocycles. The van der Waals surface area contributed by atoms with Crippen LogP contribution in [0.1, 0.15) is 58.1 Å². The van der Waals surface area contributed by atoms with Crippen LogP contribution in [-0.2, 0) is 0 Å². The summed E-state index contributed by atoms with van der Waals surface area (Å²) in [5, 5.41) is 3.69. The van der Waals surface area contributed by atoms with E-state index < -0.39 is 0 Å². The highest BCUT2D eigenvalue weighted by Gasteiger charge is 2.12. The van der Waals surface area contributed by atoms with Gasteiger partial charge in [0.15, 0.2) is 0 Å². The molecule has 114 valence electrons. The van der Waals surface area contributed by atoms with Crippen molar-refractivity contribution in [1.29, 1.82) is 0 Å². The molecule has 0 radical (unpaired) electrons. The van der Waals surface area contributed by atoms with Crippen LogP contribution in [-0.4, -0.2) is 31.1 Å². The van der Waals surface area contributed by atoms with Gasteiger partial charge in [-0.2, -0.15) is 0 Å². The van der Waals surface area contributed by atoms with E-state index in [0.29, 0.717) is 6.04 Å². The minimum Gasteiger partial charge on any atom is -0.310 e. The van der Waals surface area contributed by atoms with Crippen LogP contribution in [0.25, 0.3) is 0 Å². The lowest BCUT2D eigenvalue weighted by Crippen LogP contribution is -2.30. The summed E-state index contributed by atoms with van der Waals surface area (Å²) in [6.07, 6.45) is 4.98. The standard InChI is InChI=1S/C18H32N2/c1-4-7-15-20(6-3)16-13-18(19-14-5-2)17-11-9-8-10-12-17/h8-12,18-19H,4-7,13-16H2,1-3H3. The van der Waals surface area contributed by atoms with Gasteiger partial charge in [-0.25, -0.2) is 0 Å². The lowest BCUT2D eigenvalue weighted by Gasteiger charge is -2.25. The summed E-state index contributed by atoms with van der Waals surface area (Å²) in [5.74, 6) is 0. The number of hydrogen-bond acceptors (Lipinski definition) is 2. The van der Waals surface area contributed by atoms with Gasteiger partial charge in [-0.1, -0.05) is 57.5 Å². The van der Waals surface area contributed by atoms with Gasteiger partial charge in [-0.3, -0.25) is 0 Å². The molecule has 0 bridgehead atoms. The van der Waals surface area contributed by atoms with Crippen LogP contribution in [0.15, 0.2) is 30.3 Å². The normalized spacial score (nSPS) is 12.8. The fraction of sp³-hybridized carbons (Fsp3) is 0.667. The maximum Gasteiger partial charge on any atom is 0.0332 e. The first-order valence-corrected chi connectivity index (χ1v) is 8.32. The molecule has 0 aliphatic rings. The van der Waals surface area contributed by atoms with Gasteiger partial charge in [-0.05, 0) is 51.0 Å². The Bertz CT molecular complexity index is 323. The van der Waals surface area contributed by atoms with Crippen molar-refractivity contribution in [3.05, 3.63) is 35.9 Å². The van der Waals surface area contributed by atoms with E-state index in [0.717, 1.165) is 13.1 Å². The lowest BCUT2D eigenvalue weighted by atomic mass is 10.0. The summed E-state index contributed by atoms with van der Waals surface area (Å²) in [6, 6.07) is 11.4. The van der Waals surface area contributed by atoms with Crippen molar-refractivity contribution in [3.63, 3.8) is 0 Å². The zero-order valence-corrected chi connectivity index (χ0v) is 13.6. The van der Waals surface area contributed by atoms with Gasteiger partial charge in [0.1, 0.15) is 0 Å². The van der Waals surface area contributed by atoms with Crippen LogP contribution in [0.5, 0.6) is 0 Å². The second-order valence-electron chi connectivity index (χ2n) is 5.49. The quantitative estimate of drug-likeness (QED) is 0.650. The number of nitrogens with zero attached hydrogens (tertiary/aromatic N) is 1. The molecule has 1 unspecified atom stereocenters. The lowest BCUT2D eigenvalue weighted by molar-refractivity contribution is 0.265. The zero-order valence-electron chi connectivity index (χ0n) is 13.6. The summed E-state index contributed by atoms with van der Waals surface area (Å²) in [7, 11) is 0. The third kappa shape index (κ3) is 6.53. The Balaban J connectivity index is 2.51. The molecule has 0 amide bonds. The predicted molar refractivity (Wildman–Crippen MR) is 89.1 cm³/mol. The van der Waals surface area contributed by atoms with Gasteiger partial charge in [0.2, 0.25) is 0 Å². The van der Waals surface area contributed by atoms with Crippen LogP contribution >= 0.6 is 0 Å². The van der Waals surface area contributed by atoms with Crippen molar-refractivity contribution in [3.8, 4) is 0 Å². The average Bonchev–Trinajstić information content (AvgIpc) is 2.51. The minimum atomic E-state index is 0.492. The van der Waals surface area contributed by atoms with E-state index in [-0.39, 0.29) is 0 Å². The number of nitrogens with one attached hydrogen (secondary N) is 1. The molecule has 0 aromatic heterocycles. The van der Waals surface area contributed by atoms with Gasteiger partial charge in [-0.15, -0.1) is 0 Å². The van der Waals surface area contributed by atoms with Gasteiger partial charge in [0.25, 0.3) is 0 Å². The first kappa shape index (κ1) is 17.2. The first-order chi connectivity index (χ1) is 9.81. The maximum absolute atomic E-state index is 3.69. The molecule has 1 aromatic carbocycles. The molecule has 1 rings (SSSR count). The summed E-state index contributed by atoms with van der Waals surface area (Å²) in [6.45, 7) is 11.5. The van der Waals surface area contributed by atoms with Gasteiger partial charge < -0.3 is 10.2 Å². The predicted octanol–water partition coefficient (Wildman–Crippen LogP) is 4.24. The van der Waals surface area contributed by atoms with E-state index in [4.69, 9.17) is 0 Å². The smallest absolute Gasteiger partial charge is 0.0332 e. The second kappa shape index (κ2) is 10.9. The molecule has 0 saturated carbocycles. The third-order valence-corrected chi connectivity index (χ3v) is 3.85. The monoisotopic (exact) mass is 276 g/mol. The van der Waals surface area contributed by atoms with Crippen LogP contribution in [0.2, 0.25) is 0 Å². The van der Waals surface area contributed by atoms with E-state index in [1.54, 1.807) is 0 Å². The fourth-order valence-corrected chi connectivity index (χ4v) is 2.51. The second-order valence-corrected chi connectivity index (χ2v) is 5.49. The third-order valence-electron chi connectivity index (χ3n) is 3.85. The van der Waals surface area contributed by atoms with Crippen LogP contribution in [0, 0.1) is 0 Å². The van der Waals surface area contributed by atoms with Crippen molar-refractivity contribution >= 4 is 0 Å². The number of rotatable bonds is 11. The van der Waals surface area contributed by atoms with E-state index in [1.165, 1.54) is 44.3 Å². The maximum atomic E-state index is 3.69. The van der Waals surface area contributed by atoms with Crippen LogP contribution < -0.4 is 5.32 Å². The Morgan fingerprint density at radius 3 is 2.35 bits per heavy atom. The molecular weight excluding hydrogens is 244 g/mol. The average molecular weight is 276 g/mol. The van der Waals surface area contributed by atoms with Crippen molar-refractivity contribution in [2.45, 2.75) is 52.5 Å². The Kier molecular flexibility index (Phi) is 9.35.